The summed E-state index contributed by atoms with van der Waals surface area (Å²) in [5, 5.41) is 2.07. The van der Waals surface area contributed by atoms with E-state index in [0.717, 1.165) is 23.9 Å². The van der Waals surface area contributed by atoms with Crippen LogP contribution in [0.3, 0.4) is 0 Å². The van der Waals surface area contributed by atoms with Crippen molar-refractivity contribution in [3.8, 4) is 5.75 Å². The molecule has 4 rings (SSSR count). The number of ketones is 1. The van der Waals surface area contributed by atoms with E-state index in [1.165, 1.54) is 31.6 Å². The smallest absolute Gasteiger partial charge is 0.227 e. The van der Waals surface area contributed by atoms with Gasteiger partial charge in [0.25, 0.3) is 0 Å². The molecule has 1 aromatic heterocycles. The number of Topliss-reactive ketones (excluding diaryl/α,β-unsaturated/α-hetero) is 1. The van der Waals surface area contributed by atoms with Gasteiger partial charge in [-0.1, -0.05) is 42.8 Å². The summed E-state index contributed by atoms with van der Waals surface area (Å²) in [5.74, 6) is 0.513. The number of nitrogens with zero attached hydrogens (tertiary/aromatic N) is 1. The Morgan fingerprint density at radius 1 is 1.00 bits per heavy atom. The summed E-state index contributed by atoms with van der Waals surface area (Å²) in [6.07, 6.45) is 4.94. The highest BCUT2D eigenvalue weighted by Gasteiger charge is 2.14. The Morgan fingerprint density at radius 2 is 1.79 bits per heavy atom. The Hall–Kier alpha value is -2.92. The summed E-state index contributed by atoms with van der Waals surface area (Å²) in [6.45, 7) is 2.49. The molecule has 2 heterocycles. The predicted octanol–water partition coefficient (Wildman–Crippen LogP) is 4.04. The van der Waals surface area contributed by atoms with Crippen LogP contribution < -0.4 is 10.2 Å². The number of piperidine rings is 1. The second-order valence-electron chi connectivity index (χ2n) is 7.19. The van der Waals surface area contributed by atoms with E-state index in [0.29, 0.717) is 17.9 Å². The maximum absolute atomic E-state index is 12.4. The number of likely N-dealkylation sites (tertiary alicyclic amines) is 1. The van der Waals surface area contributed by atoms with Crippen molar-refractivity contribution in [3.05, 3.63) is 76.3 Å². The number of carbonyl (C=O) groups is 1. The maximum atomic E-state index is 12.4. The lowest BCUT2D eigenvalue weighted by Gasteiger charge is -2.25. The second-order valence-corrected chi connectivity index (χ2v) is 7.19. The van der Waals surface area contributed by atoms with Crippen molar-refractivity contribution in [2.75, 3.05) is 19.7 Å². The summed E-state index contributed by atoms with van der Waals surface area (Å²) < 4.78 is 11.0. The number of rotatable bonds is 6. The van der Waals surface area contributed by atoms with Crippen molar-refractivity contribution >= 4 is 16.6 Å². The number of carbonyl (C=O) groups excluding carboxylic acids is 1. The first-order valence-electron chi connectivity index (χ1n) is 9.68. The second kappa shape index (κ2) is 8.40. The van der Waals surface area contributed by atoms with Crippen LogP contribution >= 0.6 is 0 Å². The molecule has 0 bridgehead atoms. The van der Waals surface area contributed by atoms with Gasteiger partial charge in [0, 0.05) is 11.6 Å². The fourth-order valence-corrected chi connectivity index (χ4v) is 3.55. The van der Waals surface area contributed by atoms with Gasteiger partial charge in [0.15, 0.2) is 12.4 Å². The minimum absolute atomic E-state index is 0.0662. The molecule has 0 aliphatic carbocycles. The topological polar surface area (TPSA) is 59.8 Å². The molecule has 144 valence electrons. The van der Waals surface area contributed by atoms with Crippen LogP contribution in [0, 0.1) is 0 Å². The normalized spacial score (nSPS) is 14.9. The molecule has 1 aliphatic heterocycles. The van der Waals surface area contributed by atoms with Crippen LogP contribution in [0.4, 0.5) is 0 Å². The van der Waals surface area contributed by atoms with E-state index in [9.17, 15) is 9.59 Å². The van der Waals surface area contributed by atoms with E-state index in [-0.39, 0.29) is 23.6 Å². The monoisotopic (exact) mass is 377 g/mol. The third-order valence-corrected chi connectivity index (χ3v) is 5.11. The Labute approximate surface area is 163 Å². The molecule has 1 fully saturated rings. The van der Waals surface area contributed by atoms with Crippen molar-refractivity contribution in [3.63, 3.8) is 0 Å². The van der Waals surface area contributed by atoms with Gasteiger partial charge < -0.3 is 9.15 Å². The lowest BCUT2D eigenvalue weighted by Crippen LogP contribution is -2.29. The molecule has 0 spiro atoms. The first-order valence-corrected chi connectivity index (χ1v) is 9.68. The summed E-state index contributed by atoms with van der Waals surface area (Å²) in [6, 6.07) is 14.8. The van der Waals surface area contributed by atoms with Crippen LogP contribution in [-0.2, 0) is 6.54 Å². The molecule has 0 saturated carbocycles. The van der Waals surface area contributed by atoms with Gasteiger partial charge in [0.2, 0.25) is 11.2 Å². The van der Waals surface area contributed by atoms with Gasteiger partial charge in [0.05, 0.1) is 6.54 Å². The standard InChI is InChI=1S/C23H23NO4/c25-21-13-20(14-24-10-4-1-5-11-24)27-16-23(21)28-15-22(26)19-9-8-17-6-2-3-7-18(17)12-19/h2-3,6-9,12-13,16H,1,4-5,10-11,14-15H2. The number of fused-ring (bicyclic) bond motifs is 1. The van der Waals surface area contributed by atoms with E-state index < -0.39 is 0 Å². The SMILES string of the molecule is O=C(COc1coc(CN2CCCCC2)cc1=O)c1ccc2ccccc2c1. The Kier molecular flexibility index (Phi) is 5.53. The van der Waals surface area contributed by atoms with E-state index >= 15 is 0 Å². The lowest BCUT2D eigenvalue weighted by atomic mass is 10.0. The zero-order valence-electron chi connectivity index (χ0n) is 15.7. The van der Waals surface area contributed by atoms with Crippen molar-refractivity contribution in [2.24, 2.45) is 0 Å². The van der Waals surface area contributed by atoms with E-state index in [4.69, 9.17) is 9.15 Å². The average Bonchev–Trinajstić information content (AvgIpc) is 2.73. The van der Waals surface area contributed by atoms with Gasteiger partial charge in [-0.3, -0.25) is 14.5 Å². The van der Waals surface area contributed by atoms with E-state index in [1.807, 2.05) is 36.4 Å². The van der Waals surface area contributed by atoms with Gasteiger partial charge >= 0.3 is 0 Å². The molecule has 1 saturated heterocycles. The van der Waals surface area contributed by atoms with Crippen LogP contribution in [0.5, 0.6) is 5.75 Å². The number of benzene rings is 2. The predicted molar refractivity (Wildman–Crippen MR) is 108 cm³/mol. The van der Waals surface area contributed by atoms with Gasteiger partial charge in [-0.25, -0.2) is 0 Å². The molecular weight excluding hydrogens is 354 g/mol. The highest BCUT2D eigenvalue weighted by atomic mass is 16.5. The van der Waals surface area contributed by atoms with Crippen LogP contribution in [0.1, 0.15) is 35.4 Å². The molecule has 2 aromatic carbocycles. The fraction of sp³-hybridized carbons (Fsp3) is 0.304. The van der Waals surface area contributed by atoms with E-state index in [1.54, 1.807) is 6.07 Å². The van der Waals surface area contributed by atoms with Gasteiger partial charge in [-0.2, -0.15) is 0 Å². The zero-order chi connectivity index (χ0) is 19.3. The molecule has 1 aliphatic rings. The number of ether oxygens (including phenoxy) is 1. The number of hydrogen-bond acceptors (Lipinski definition) is 5. The molecule has 0 radical (unpaired) electrons. The Morgan fingerprint density at radius 3 is 2.57 bits per heavy atom. The van der Waals surface area contributed by atoms with Gasteiger partial charge in [-0.15, -0.1) is 0 Å². The molecule has 5 heteroatoms. The first-order chi connectivity index (χ1) is 13.7. The maximum Gasteiger partial charge on any atom is 0.227 e. The highest BCUT2D eigenvalue weighted by molar-refractivity contribution is 6.00. The first kappa shape index (κ1) is 18.4. The molecule has 28 heavy (non-hydrogen) atoms. The summed E-state index contributed by atoms with van der Waals surface area (Å²) in [4.78, 5) is 27.0. The summed E-state index contributed by atoms with van der Waals surface area (Å²) >= 11 is 0. The largest absolute Gasteiger partial charge is 0.478 e. The van der Waals surface area contributed by atoms with Crippen LogP contribution in [0.25, 0.3) is 10.8 Å². The van der Waals surface area contributed by atoms with E-state index in [2.05, 4.69) is 4.90 Å². The number of hydrogen-bond donors (Lipinski definition) is 0. The molecular formula is C23H23NO4. The molecule has 0 unspecified atom stereocenters. The summed E-state index contributed by atoms with van der Waals surface area (Å²) in [7, 11) is 0. The molecule has 5 nitrogen and oxygen atoms in total. The Balaban J connectivity index is 1.39. The minimum Gasteiger partial charge on any atom is -0.478 e. The average molecular weight is 377 g/mol. The molecule has 0 atom stereocenters. The zero-order valence-corrected chi connectivity index (χ0v) is 15.7. The molecule has 0 N–H and O–H groups in total. The van der Waals surface area contributed by atoms with Gasteiger partial charge in [-0.05, 0) is 42.8 Å². The quantitative estimate of drug-likeness (QED) is 0.607. The Bertz CT molecular complexity index is 1030. The highest BCUT2D eigenvalue weighted by Crippen LogP contribution is 2.17. The molecule has 3 aromatic rings. The fourth-order valence-electron chi connectivity index (χ4n) is 3.55. The molecule has 0 amide bonds. The summed E-state index contributed by atoms with van der Waals surface area (Å²) in [5.41, 5.74) is 0.300. The van der Waals surface area contributed by atoms with Crippen molar-refractivity contribution in [1.29, 1.82) is 0 Å². The third-order valence-electron chi connectivity index (χ3n) is 5.11. The van der Waals surface area contributed by atoms with Crippen molar-refractivity contribution in [1.82, 2.24) is 4.90 Å². The third kappa shape index (κ3) is 4.31. The van der Waals surface area contributed by atoms with Crippen LogP contribution in [-0.4, -0.2) is 30.4 Å². The lowest BCUT2D eigenvalue weighted by molar-refractivity contribution is 0.0919. The van der Waals surface area contributed by atoms with Crippen LogP contribution in [0.15, 0.2) is 64.0 Å². The van der Waals surface area contributed by atoms with Crippen molar-refractivity contribution in [2.45, 2.75) is 25.8 Å². The van der Waals surface area contributed by atoms with Crippen LogP contribution in [0.2, 0.25) is 0 Å². The minimum atomic E-state index is -0.260. The van der Waals surface area contributed by atoms with Gasteiger partial charge in [0.1, 0.15) is 12.0 Å². The van der Waals surface area contributed by atoms with Crippen molar-refractivity contribution < 1.29 is 13.9 Å².